The molecule has 2 bridgehead atoms. The molecule has 1 spiro atoms. The molecular formula is C20H25NO4. The van der Waals surface area contributed by atoms with Crippen LogP contribution in [0.25, 0.3) is 0 Å². The van der Waals surface area contributed by atoms with Crippen LogP contribution in [0.5, 0.6) is 11.5 Å². The minimum absolute atomic E-state index is 0.119. The van der Waals surface area contributed by atoms with Crippen molar-refractivity contribution in [2.24, 2.45) is 5.92 Å². The van der Waals surface area contributed by atoms with Gasteiger partial charge in [0, 0.05) is 23.4 Å². The zero-order chi connectivity index (χ0) is 17.3. The summed E-state index contributed by atoms with van der Waals surface area (Å²) in [5.41, 5.74) is 2.41. The van der Waals surface area contributed by atoms with Crippen LogP contribution in [-0.2, 0) is 16.6 Å². The normalized spacial score (nSPS) is 38.0. The van der Waals surface area contributed by atoms with Gasteiger partial charge in [-0.3, -0.25) is 4.79 Å². The molecule has 0 aromatic heterocycles. The van der Waals surface area contributed by atoms with E-state index in [1.165, 1.54) is 11.1 Å². The summed E-state index contributed by atoms with van der Waals surface area (Å²) < 4.78 is 11.9. The molecule has 2 heterocycles. The lowest BCUT2D eigenvalue weighted by Crippen LogP contribution is -2.66. The predicted octanol–water partition coefficient (Wildman–Crippen LogP) is 2.03. The molecule has 2 aliphatic heterocycles. The second kappa shape index (κ2) is 5.21. The molecule has 1 saturated heterocycles. The first-order valence-corrected chi connectivity index (χ1v) is 9.48. The zero-order valence-electron chi connectivity index (χ0n) is 14.8. The Labute approximate surface area is 147 Å². The van der Waals surface area contributed by atoms with Crippen LogP contribution in [0.15, 0.2) is 12.1 Å². The Hall–Kier alpha value is -1.59. The van der Waals surface area contributed by atoms with Crippen molar-refractivity contribution in [3.63, 3.8) is 0 Å². The highest BCUT2D eigenvalue weighted by Gasteiger charge is 2.65. The van der Waals surface area contributed by atoms with Crippen LogP contribution in [-0.4, -0.2) is 47.8 Å². The highest BCUT2D eigenvalue weighted by Crippen LogP contribution is 2.63. The van der Waals surface area contributed by atoms with E-state index in [1.54, 1.807) is 6.92 Å². The molecule has 2 fully saturated rings. The molecule has 2 aliphatic carbocycles. The number of ether oxygens (including phenoxy) is 2. The van der Waals surface area contributed by atoms with E-state index in [0.29, 0.717) is 24.1 Å². The highest BCUT2D eigenvalue weighted by atomic mass is 16.6. The maximum absolute atomic E-state index is 11.8. The van der Waals surface area contributed by atoms with E-state index < -0.39 is 6.10 Å². The van der Waals surface area contributed by atoms with Crippen molar-refractivity contribution in [2.75, 3.05) is 13.6 Å². The summed E-state index contributed by atoms with van der Waals surface area (Å²) in [7, 11) is 2.22. The number of aliphatic hydroxyl groups excluding tert-OH is 1. The summed E-state index contributed by atoms with van der Waals surface area (Å²) in [6, 6.07) is 4.49. The standard InChI is InChI=1S/C20H25NO4/c1-3-16(23)24-15-7-4-11-10-13-12-5-6-14(22)19-20(12,8-9-21(13)2)17(11)18(15)25-19/h4,7,12-14,19,22H,3,5-6,8-10H2,1-2H3. The molecule has 1 N–H and O–H groups in total. The van der Waals surface area contributed by atoms with Gasteiger partial charge < -0.3 is 19.5 Å². The average molecular weight is 343 g/mol. The fourth-order valence-corrected chi connectivity index (χ4v) is 5.97. The average Bonchev–Trinajstić information content (AvgIpc) is 2.96. The van der Waals surface area contributed by atoms with E-state index in [1.807, 2.05) is 6.07 Å². The minimum atomic E-state index is -0.451. The second-order valence-electron chi connectivity index (χ2n) is 8.09. The van der Waals surface area contributed by atoms with E-state index >= 15 is 0 Å². The van der Waals surface area contributed by atoms with Gasteiger partial charge in [-0.1, -0.05) is 13.0 Å². The van der Waals surface area contributed by atoms with Gasteiger partial charge in [-0.25, -0.2) is 0 Å². The van der Waals surface area contributed by atoms with Crippen molar-refractivity contribution in [3.05, 3.63) is 23.3 Å². The summed E-state index contributed by atoms with van der Waals surface area (Å²) in [5, 5.41) is 10.7. The van der Waals surface area contributed by atoms with Gasteiger partial charge in [0.25, 0.3) is 0 Å². The molecule has 1 aromatic carbocycles. The number of aliphatic hydroxyl groups is 1. The Balaban J connectivity index is 1.70. The largest absolute Gasteiger partial charge is 0.483 e. The number of hydrogen-bond donors (Lipinski definition) is 1. The monoisotopic (exact) mass is 343 g/mol. The maximum atomic E-state index is 11.8. The van der Waals surface area contributed by atoms with E-state index in [4.69, 9.17) is 9.47 Å². The predicted molar refractivity (Wildman–Crippen MR) is 91.9 cm³/mol. The van der Waals surface area contributed by atoms with Crippen molar-refractivity contribution in [2.45, 2.75) is 62.7 Å². The molecule has 1 saturated carbocycles. The van der Waals surface area contributed by atoms with Crippen molar-refractivity contribution < 1.29 is 19.4 Å². The Morgan fingerprint density at radius 2 is 2.28 bits per heavy atom. The first kappa shape index (κ1) is 15.6. The third kappa shape index (κ3) is 1.88. The van der Waals surface area contributed by atoms with Gasteiger partial charge >= 0.3 is 5.97 Å². The van der Waals surface area contributed by atoms with Gasteiger partial charge in [0.05, 0.1) is 6.10 Å². The molecule has 0 amide bonds. The van der Waals surface area contributed by atoms with Gasteiger partial charge in [-0.2, -0.15) is 0 Å². The van der Waals surface area contributed by atoms with Gasteiger partial charge in [-0.15, -0.1) is 0 Å². The molecule has 4 aliphatic rings. The lowest BCUT2D eigenvalue weighted by Gasteiger charge is -2.58. The number of nitrogens with zero attached hydrogens (tertiary/aromatic N) is 1. The van der Waals surface area contributed by atoms with Crippen LogP contribution in [0, 0.1) is 5.92 Å². The Morgan fingerprint density at radius 3 is 3.08 bits per heavy atom. The summed E-state index contributed by atoms with van der Waals surface area (Å²) in [4.78, 5) is 14.3. The number of rotatable bonds is 2. The van der Waals surface area contributed by atoms with Crippen LogP contribution in [0.3, 0.4) is 0 Å². The quantitative estimate of drug-likeness (QED) is 0.658. The molecule has 25 heavy (non-hydrogen) atoms. The third-order valence-electron chi connectivity index (χ3n) is 7.06. The number of esters is 1. The maximum Gasteiger partial charge on any atom is 0.311 e. The summed E-state index contributed by atoms with van der Waals surface area (Å²) in [6.07, 6.45) is 3.51. The molecule has 5 nitrogen and oxygen atoms in total. The van der Waals surface area contributed by atoms with Crippen molar-refractivity contribution >= 4 is 5.97 Å². The number of benzene rings is 1. The highest BCUT2D eigenvalue weighted by molar-refractivity contribution is 5.74. The van der Waals surface area contributed by atoms with Crippen LogP contribution >= 0.6 is 0 Å². The van der Waals surface area contributed by atoms with Gasteiger partial charge in [0.1, 0.15) is 6.10 Å². The zero-order valence-corrected chi connectivity index (χ0v) is 14.8. The summed E-state index contributed by atoms with van der Waals surface area (Å²) in [6.45, 7) is 2.81. The van der Waals surface area contributed by atoms with Crippen LogP contribution in [0.2, 0.25) is 0 Å². The molecule has 5 rings (SSSR count). The fraction of sp³-hybridized carbons (Fsp3) is 0.650. The molecular weight excluding hydrogens is 318 g/mol. The SMILES string of the molecule is CCC(=O)Oc1ccc2c3c1OC1C(O)CCC4C(C2)N(C)CCC341. The number of carbonyl (C=O) groups excluding carboxylic acids is 1. The fourth-order valence-electron chi connectivity index (χ4n) is 5.97. The summed E-state index contributed by atoms with van der Waals surface area (Å²) in [5.74, 6) is 1.50. The molecule has 134 valence electrons. The van der Waals surface area contributed by atoms with Gasteiger partial charge in [0.15, 0.2) is 11.5 Å². The molecule has 5 unspecified atom stereocenters. The third-order valence-corrected chi connectivity index (χ3v) is 7.06. The van der Waals surface area contributed by atoms with E-state index in [0.717, 1.165) is 38.0 Å². The first-order chi connectivity index (χ1) is 12.1. The summed E-state index contributed by atoms with van der Waals surface area (Å²) >= 11 is 0. The number of piperidine rings is 1. The lowest BCUT2D eigenvalue weighted by molar-refractivity contribution is -0.134. The number of likely N-dealkylation sites (N-methyl/N-ethyl adjacent to an activating group) is 1. The number of hydrogen-bond acceptors (Lipinski definition) is 5. The first-order valence-electron chi connectivity index (χ1n) is 9.48. The lowest BCUT2D eigenvalue weighted by atomic mass is 9.51. The minimum Gasteiger partial charge on any atom is -0.483 e. The number of likely N-dealkylation sites (tertiary alicyclic amines) is 1. The van der Waals surface area contributed by atoms with Crippen molar-refractivity contribution in [3.8, 4) is 11.5 Å². The number of carbonyl (C=O) groups is 1. The molecule has 1 aromatic rings. The van der Waals surface area contributed by atoms with E-state index in [-0.39, 0.29) is 17.5 Å². The molecule has 5 atom stereocenters. The van der Waals surface area contributed by atoms with E-state index in [2.05, 4.69) is 18.0 Å². The second-order valence-corrected chi connectivity index (χ2v) is 8.09. The van der Waals surface area contributed by atoms with Gasteiger partial charge in [0.2, 0.25) is 0 Å². The van der Waals surface area contributed by atoms with Crippen LogP contribution in [0.1, 0.15) is 43.7 Å². The molecule has 0 radical (unpaired) electrons. The Morgan fingerprint density at radius 1 is 1.44 bits per heavy atom. The van der Waals surface area contributed by atoms with Crippen molar-refractivity contribution in [1.29, 1.82) is 0 Å². The van der Waals surface area contributed by atoms with Gasteiger partial charge in [-0.05, 0) is 56.8 Å². The topological polar surface area (TPSA) is 59.0 Å². The van der Waals surface area contributed by atoms with Crippen molar-refractivity contribution in [1.82, 2.24) is 4.90 Å². The smallest absolute Gasteiger partial charge is 0.311 e. The van der Waals surface area contributed by atoms with E-state index in [9.17, 15) is 9.90 Å². The van der Waals surface area contributed by atoms with Crippen LogP contribution in [0.4, 0.5) is 0 Å². The Kier molecular flexibility index (Phi) is 3.26. The Bertz CT molecular complexity index is 747. The van der Waals surface area contributed by atoms with Crippen LogP contribution < -0.4 is 9.47 Å². The molecule has 5 heteroatoms.